The van der Waals surface area contributed by atoms with E-state index in [-0.39, 0.29) is 31.3 Å². The summed E-state index contributed by atoms with van der Waals surface area (Å²) in [5.74, 6) is -0.643. The Hall–Kier alpha value is -0.780. The summed E-state index contributed by atoms with van der Waals surface area (Å²) in [5, 5.41) is 2.39. The molecule has 0 rings (SSSR count). The van der Waals surface area contributed by atoms with Crippen LogP contribution in [-0.4, -0.2) is 25.2 Å². The lowest BCUT2D eigenvalue weighted by Gasteiger charge is -2.10. The van der Waals surface area contributed by atoms with Crippen molar-refractivity contribution >= 4 is 5.91 Å². The van der Waals surface area contributed by atoms with Gasteiger partial charge in [-0.25, -0.2) is 0 Å². The minimum absolute atomic E-state index is 0.0443. The molecule has 0 aromatic carbocycles. The molecule has 1 unspecified atom stereocenters. The fourth-order valence-electron chi connectivity index (χ4n) is 0.782. The van der Waals surface area contributed by atoms with E-state index in [1.807, 2.05) is 0 Å². The van der Waals surface area contributed by atoms with Gasteiger partial charge in [-0.15, -0.1) is 0 Å². The SMILES string of the molecule is CC(CN)C(=O)NCCCC(F)(F)F. The third kappa shape index (κ3) is 6.71. The molecule has 0 saturated heterocycles. The van der Waals surface area contributed by atoms with Crippen LogP contribution in [0.15, 0.2) is 0 Å². The predicted octanol–water partition coefficient (Wildman–Crippen LogP) is 1.04. The summed E-state index contributed by atoms with van der Waals surface area (Å²) in [6.45, 7) is 1.87. The van der Waals surface area contributed by atoms with E-state index in [0.29, 0.717) is 0 Å². The van der Waals surface area contributed by atoms with Gasteiger partial charge < -0.3 is 11.1 Å². The molecular weight excluding hydrogens is 197 g/mol. The molecule has 0 heterocycles. The van der Waals surface area contributed by atoms with Crippen molar-refractivity contribution < 1.29 is 18.0 Å². The smallest absolute Gasteiger partial charge is 0.356 e. The molecule has 3 N–H and O–H groups in total. The van der Waals surface area contributed by atoms with Crippen molar-refractivity contribution in [3.05, 3.63) is 0 Å². The molecule has 0 bridgehead atoms. The number of halogens is 3. The predicted molar refractivity (Wildman–Crippen MR) is 46.5 cm³/mol. The molecule has 0 aliphatic carbocycles. The summed E-state index contributed by atoms with van der Waals surface area (Å²) in [5.41, 5.74) is 5.21. The Labute approximate surface area is 80.8 Å². The maximum Gasteiger partial charge on any atom is 0.389 e. The van der Waals surface area contributed by atoms with Gasteiger partial charge in [0.15, 0.2) is 0 Å². The van der Waals surface area contributed by atoms with Gasteiger partial charge in [-0.1, -0.05) is 6.92 Å². The molecule has 0 fully saturated rings. The number of nitrogens with two attached hydrogens (primary N) is 1. The fraction of sp³-hybridized carbons (Fsp3) is 0.875. The van der Waals surface area contributed by atoms with E-state index in [4.69, 9.17) is 5.73 Å². The van der Waals surface area contributed by atoms with Gasteiger partial charge in [0.2, 0.25) is 5.91 Å². The van der Waals surface area contributed by atoms with Crippen LogP contribution in [0.1, 0.15) is 19.8 Å². The lowest BCUT2D eigenvalue weighted by molar-refractivity contribution is -0.136. The second kappa shape index (κ2) is 5.85. The first-order chi connectivity index (χ1) is 6.37. The Bertz CT molecular complexity index is 182. The standard InChI is InChI=1S/C8H15F3N2O/c1-6(5-12)7(14)13-4-2-3-8(9,10)11/h6H,2-5,12H2,1H3,(H,13,14). The van der Waals surface area contributed by atoms with E-state index in [2.05, 4.69) is 5.32 Å². The van der Waals surface area contributed by atoms with Gasteiger partial charge in [0.05, 0.1) is 0 Å². The molecule has 0 aliphatic rings. The van der Waals surface area contributed by atoms with Crippen molar-refractivity contribution in [3.8, 4) is 0 Å². The van der Waals surface area contributed by atoms with E-state index in [0.717, 1.165) is 0 Å². The Morgan fingerprint density at radius 3 is 2.50 bits per heavy atom. The average Bonchev–Trinajstić information content (AvgIpc) is 2.09. The molecule has 0 saturated carbocycles. The first-order valence-corrected chi connectivity index (χ1v) is 4.41. The number of hydrogen-bond acceptors (Lipinski definition) is 2. The van der Waals surface area contributed by atoms with E-state index in [1.165, 1.54) is 0 Å². The van der Waals surface area contributed by atoms with E-state index in [9.17, 15) is 18.0 Å². The van der Waals surface area contributed by atoms with Crippen LogP contribution in [0.4, 0.5) is 13.2 Å². The second-order valence-electron chi connectivity index (χ2n) is 3.15. The monoisotopic (exact) mass is 212 g/mol. The number of alkyl halides is 3. The molecule has 14 heavy (non-hydrogen) atoms. The molecule has 0 aliphatic heterocycles. The maximum absolute atomic E-state index is 11.7. The molecule has 84 valence electrons. The van der Waals surface area contributed by atoms with Crippen LogP contribution >= 0.6 is 0 Å². The van der Waals surface area contributed by atoms with Crippen molar-refractivity contribution in [1.29, 1.82) is 0 Å². The first kappa shape index (κ1) is 13.2. The zero-order valence-electron chi connectivity index (χ0n) is 8.03. The maximum atomic E-state index is 11.7. The quantitative estimate of drug-likeness (QED) is 0.669. The fourth-order valence-corrected chi connectivity index (χ4v) is 0.782. The van der Waals surface area contributed by atoms with Crippen molar-refractivity contribution in [2.24, 2.45) is 11.7 Å². The second-order valence-corrected chi connectivity index (χ2v) is 3.15. The molecule has 3 nitrogen and oxygen atoms in total. The molecule has 0 aromatic rings. The number of amides is 1. The molecule has 0 spiro atoms. The first-order valence-electron chi connectivity index (χ1n) is 4.41. The number of carbonyl (C=O) groups is 1. The summed E-state index contributed by atoms with van der Waals surface area (Å²) in [4.78, 5) is 11.0. The van der Waals surface area contributed by atoms with Gasteiger partial charge >= 0.3 is 6.18 Å². The molecule has 0 aromatic heterocycles. The van der Waals surface area contributed by atoms with Crippen LogP contribution in [-0.2, 0) is 4.79 Å². The van der Waals surface area contributed by atoms with E-state index in [1.54, 1.807) is 6.92 Å². The molecular formula is C8H15F3N2O. The van der Waals surface area contributed by atoms with Gasteiger partial charge in [0.25, 0.3) is 0 Å². The zero-order valence-corrected chi connectivity index (χ0v) is 8.03. The number of carbonyl (C=O) groups excluding carboxylic acids is 1. The minimum atomic E-state index is -4.15. The Balaban J connectivity index is 3.51. The minimum Gasteiger partial charge on any atom is -0.356 e. The van der Waals surface area contributed by atoms with Gasteiger partial charge in [-0.3, -0.25) is 4.79 Å². The molecule has 6 heteroatoms. The Morgan fingerprint density at radius 2 is 2.07 bits per heavy atom. The van der Waals surface area contributed by atoms with Crippen molar-refractivity contribution in [1.82, 2.24) is 5.32 Å². The largest absolute Gasteiger partial charge is 0.389 e. The summed E-state index contributed by atoms with van der Waals surface area (Å²) < 4.78 is 35.0. The van der Waals surface area contributed by atoms with Gasteiger partial charge in [0, 0.05) is 25.4 Å². The van der Waals surface area contributed by atoms with Crippen LogP contribution in [0.5, 0.6) is 0 Å². The highest BCUT2D eigenvalue weighted by Crippen LogP contribution is 2.20. The third-order valence-corrected chi connectivity index (χ3v) is 1.74. The van der Waals surface area contributed by atoms with Crippen LogP contribution in [0.3, 0.4) is 0 Å². The topological polar surface area (TPSA) is 55.1 Å². The highest BCUT2D eigenvalue weighted by atomic mass is 19.4. The average molecular weight is 212 g/mol. The number of nitrogens with one attached hydrogen (secondary N) is 1. The lowest BCUT2D eigenvalue weighted by Crippen LogP contribution is -2.34. The van der Waals surface area contributed by atoms with Gasteiger partial charge in [-0.05, 0) is 6.42 Å². The highest BCUT2D eigenvalue weighted by Gasteiger charge is 2.26. The summed E-state index contributed by atoms with van der Waals surface area (Å²) in [7, 11) is 0. The van der Waals surface area contributed by atoms with E-state index >= 15 is 0 Å². The van der Waals surface area contributed by atoms with Crippen LogP contribution in [0.2, 0.25) is 0 Å². The van der Waals surface area contributed by atoms with Crippen molar-refractivity contribution in [3.63, 3.8) is 0 Å². The lowest BCUT2D eigenvalue weighted by atomic mass is 10.1. The molecule has 1 amide bonds. The van der Waals surface area contributed by atoms with Crippen LogP contribution in [0.25, 0.3) is 0 Å². The van der Waals surface area contributed by atoms with Crippen LogP contribution in [0, 0.1) is 5.92 Å². The summed E-state index contributed by atoms with van der Waals surface area (Å²) in [6, 6.07) is 0. The third-order valence-electron chi connectivity index (χ3n) is 1.74. The van der Waals surface area contributed by atoms with Crippen molar-refractivity contribution in [2.45, 2.75) is 25.9 Å². The molecule has 1 atom stereocenters. The summed E-state index contributed by atoms with van der Waals surface area (Å²) in [6.07, 6.45) is -5.11. The molecule has 0 radical (unpaired) electrons. The number of rotatable bonds is 5. The Morgan fingerprint density at radius 1 is 1.50 bits per heavy atom. The zero-order chi connectivity index (χ0) is 11.2. The van der Waals surface area contributed by atoms with E-state index < -0.39 is 12.6 Å². The number of hydrogen-bond donors (Lipinski definition) is 2. The summed E-state index contributed by atoms with van der Waals surface area (Å²) >= 11 is 0. The van der Waals surface area contributed by atoms with Gasteiger partial charge in [0.1, 0.15) is 0 Å². The Kier molecular flexibility index (Phi) is 5.52. The highest BCUT2D eigenvalue weighted by molar-refractivity contribution is 5.78. The van der Waals surface area contributed by atoms with Crippen LogP contribution < -0.4 is 11.1 Å². The van der Waals surface area contributed by atoms with Crippen molar-refractivity contribution in [2.75, 3.05) is 13.1 Å². The normalized spacial score (nSPS) is 13.8. The van der Waals surface area contributed by atoms with Gasteiger partial charge in [-0.2, -0.15) is 13.2 Å².